The Hall–Kier alpha value is 0.863. The van der Waals surface area contributed by atoms with Gasteiger partial charge in [-0.3, -0.25) is 0 Å². The predicted octanol–water partition coefficient (Wildman–Crippen LogP) is 1.96. The molecule has 0 heterocycles. The van der Waals surface area contributed by atoms with E-state index in [-0.39, 0.29) is 23.8 Å². The Kier molecular flexibility index (Phi) is 29.1. The van der Waals surface area contributed by atoms with Crippen LogP contribution in [0, 0.1) is 0 Å². The summed E-state index contributed by atoms with van der Waals surface area (Å²) >= 11 is 7.65. The van der Waals surface area contributed by atoms with Gasteiger partial charge in [0.25, 0.3) is 0 Å². The minimum Gasteiger partial charge on any atom is -0.385 e. The van der Waals surface area contributed by atoms with Crippen LogP contribution in [0.1, 0.15) is 26.7 Å². The molecule has 0 saturated heterocycles. The zero-order chi connectivity index (χ0) is 6.99. The second-order valence-corrected chi connectivity index (χ2v) is 2.56. The van der Waals surface area contributed by atoms with Gasteiger partial charge in [0.05, 0.1) is 0 Å². The fourth-order valence-corrected chi connectivity index (χ4v) is 0. The van der Waals surface area contributed by atoms with E-state index in [1.165, 1.54) is 12.8 Å². The van der Waals surface area contributed by atoms with E-state index >= 15 is 0 Å². The molecular formula is C5H13NS2Zn. The van der Waals surface area contributed by atoms with Crippen LogP contribution in [0.15, 0.2) is 0 Å². The Labute approximate surface area is 80.9 Å². The normalized spacial score (nSPS) is 6.11. The van der Waals surface area contributed by atoms with Gasteiger partial charge in [-0.15, -0.1) is 12.6 Å². The minimum absolute atomic E-state index is 0. The van der Waals surface area contributed by atoms with Crippen molar-refractivity contribution in [1.29, 1.82) is 0 Å². The fraction of sp³-hybridized carbons (Fsp3) is 0.800. The molecule has 0 atom stereocenters. The second-order valence-electron chi connectivity index (χ2n) is 1.34. The van der Waals surface area contributed by atoms with Crippen molar-refractivity contribution in [1.82, 2.24) is 0 Å². The molecule has 0 aromatic rings. The van der Waals surface area contributed by atoms with Crippen molar-refractivity contribution in [3.8, 4) is 0 Å². The molecule has 0 unspecified atom stereocenters. The third kappa shape index (κ3) is 120. The van der Waals surface area contributed by atoms with Gasteiger partial charge in [-0.25, -0.2) is 0 Å². The summed E-state index contributed by atoms with van der Waals surface area (Å²) in [5.41, 5.74) is 4.71. The van der Waals surface area contributed by atoms with Gasteiger partial charge in [-0.1, -0.05) is 38.9 Å². The summed E-state index contributed by atoms with van der Waals surface area (Å²) in [6.07, 6.45) is 2.64. The smallest absolute Gasteiger partial charge is 0.128 e. The molecule has 0 aromatic heterocycles. The quantitative estimate of drug-likeness (QED) is 0.398. The number of hydrogen-bond donors (Lipinski definition) is 2. The summed E-state index contributed by atoms with van der Waals surface area (Å²) in [6.45, 7) is 4.36. The SMILES string of the molecule is CCCC.NC(=S)S.[Zn]. The average molecular weight is 217 g/mol. The molecule has 2 N–H and O–H groups in total. The van der Waals surface area contributed by atoms with E-state index in [4.69, 9.17) is 5.73 Å². The van der Waals surface area contributed by atoms with E-state index in [0.717, 1.165) is 0 Å². The largest absolute Gasteiger partial charge is 0.385 e. The molecule has 0 amide bonds. The Morgan fingerprint density at radius 3 is 1.56 bits per heavy atom. The summed E-state index contributed by atoms with van der Waals surface area (Å²) in [4.78, 5) is 0. The summed E-state index contributed by atoms with van der Waals surface area (Å²) in [5, 5.41) is 0. The summed E-state index contributed by atoms with van der Waals surface area (Å²) in [7, 11) is 0. The van der Waals surface area contributed by atoms with E-state index in [1.807, 2.05) is 0 Å². The molecular weight excluding hydrogens is 204 g/mol. The Bertz CT molecular complexity index is 52.9. The number of unbranched alkanes of at least 4 members (excludes halogenated alkanes) is 1. The first-order valence-corrected chi connectivity index (χ1v) is 3.49. The fourth-order valence-electron chi connectivity index (χ4n) is 0. The number of thiocarbonyl (C=S) groups is 1. The van der Waals surface area contributed by atoms with Gasteiger partial charge < -0.3 is 5.73 Å². The molecule has 0 aliphatic rings. The van der Waals surface area contributed by atoms with Crippen LogP contribution in [0.4, 0.5) is 0 Å². The zero-order valence-electron chi connectivity index (χ0n) is 6.05. The van der Waals surface area contributed by atoms with Crippen LogP contribution in [0.5, 0.6) is 0 Å². The van der Waals surface area contributed by atoms with E-state index in [2.05, 4.69) is 38.7 Å². The van der Waals surface area contributed by atoms with Crippen LogP contribution < -0.4 is 5.73 Å². The molecule has 0 fully saturated rings. The predicted molar refractivity (Wildman–Crippen MR) is 46.4 cm³/mol. The van der Waals surface area contributed by atoms with Gasteiger partial charge in [0.1, 0.15) is 4.32 Å². The molecule has 52 valence electrons. The van der Waals surface area contributed by atoms with Crippen molar-refractivity contribution < 1.29 is 19.5 Å². The average Bonchev–Trinajstić information content (AvgIpc) is 1.65. The number of rotatable bonds is 1. The molecule has 0 spiro atoms. The van der Waals surface area contributed by atoms with Gasteiger partial charge in [0.2, 0.25) is 0 Å². The van der Waals surface area contributed by atoms with Gasteiger partial charge in [-0.2, -0.15) is 0 Å². The Morgan fingerprint density at radius 1 is 1.44 bits per heavy atom. The third-order valence-electron chi connectivity index (χ3n) is 0.500. The minimum atomic E-state index is 0. The summed E-state index contributed by atoms with van der Waals surface area (Å²) in [5.74, 6) is 0. The van der Waals surface area contributed by atoms with Crippen LogP contribution >= 0.6 is 24.8 Å². The first kappa shape index (κ1) is 16.4. The van der Waals surface area contributed by atoms with Crippen molar-refractivity contribution >= 4 is 29.2 Å². The van der Waals surface area contributed by atoms with Gasteiger partial charge in [-0.05, 0) is 0 Å². The van der Waals surface area contributed by atoms with Crippen LogP contribution in [0.3, 0.4) is 0 Å². The number of hydrogen-bond acceptors (Lipinski definition) is 1. The first-order chi connectivity index (χ1) is 3.65. The van der Waals surface area contributed by atoms with Crippen molar-refractivity contribution in [3.05, 3.63) is 0 Å². The van der Waals surface area contributed by atoms with Crippen LogP contribution in [0.2, 0.25) is 0 Å². The first-order valence-electron chi connectivity index (χ1n) is 2.63. The second kappa shape index (κ2) is 15.9. The molecule has 0 aliphatic carbocycles. The van der Waals surface area contributed by atoms with Gasteiger partial charge >= 0.3 is 0 Å². The van der Waals surface area contributed by atoms with Crippen LogP contribution in [0.25, 0.3) is 0 Å². The maximum absolute atomic E-state index is 4.71. The number of nitrogens with two attached hydrogens (primary N) is 1. The van der Waals surface area contributed by atoms with Crippen molar-refractivity contribution in [2.75, 3.05) is 0 Å². The maximum Gasteiger partial charge on any atom is 0.128 e. The Balaban J connectivity index is -0.0000000720. The van der Waals surface area contributed by atoms with E-state index in [1.54, 1.807) is 0 Å². The molecule has 4 heteroatoms. The molecule has 0 aromatic carbocycles. The summed E-state index contributed by atoms with van der Waals surface area (Å²) in [6, 6.07) is 0. The van der Waals surface area contributed by atoms with E-state index in [0.29, 0.717) is 0 Å². The van der Waals surface area contributed by atoms with E-state index < -0.39 is 0 Å². The monoisotopic (exact) mass is 215 g/mol. The molecule has 0 aliphatic heterocycles. The molecule has 0 radical (unpaired) electrons. The van der Waals surface area contributed by atoms with Crippen molar-refractivity contribution in [2.24, 2.45) is 5.73 Å². The van der Waals surface area contributed by atoms with Crippen molar-refractivity contribution in [3.63, 3.8) is 0 Å². The van der Waals surface area contributed by atoms with Crippen LogP contribution in [-0.2, 0) is 19.5 Å². The molecule has 0 saturated carbocycles. The Morgan fingerprint density at radius 2 is 1.56 bits per heavy atom. The van der Waals surface area contributed by atoms with E-state index in [9.17, 15) is 0 Å². The molecule has 9 heavy (non-hydrogen) atoms. The van der Waals surface area contributed by atoms with Crippen molar-refractivity contribution in [2.45, 2.75) is 26.7 Å². The van der Waals surface area contributed by atoms with Crippen LogP contribution in [-0.4, -0.2) is 4.32 Å². The molecule has 0 rings (SSSR count). The zero-order valence-corrected chi connectivity index (χ0v) is 10.7. The summed E-state index contributed by atoms with van der Waals surface area (Å²) < 4.78 is 0.194. The maximum atomic E-state index is 4.71. The number of thiol groups is 1. The van der Waals surface area contributed by atoms with Gasteiger partial charge in [0, 0.05) is 19.5 Å². The standard InChI is InChI=1S/C4H10.CH3NS2.Zn/c1-3-4-2;2-1(3)4;/h3-4H2,1-2H3;(H3,2,3,4);. The van der Waals surface area contributed by atoms with Gasteiger partial charge in [0.15, 0.2) is 0 Å². The topological polar surface area (TPSA) is 26.0 Å². The molecule has 1 nitrogen and oxygen atoms in total. The third-order valence-corrected chi connectivity index (χ3v) is 0.500. The molecule has 0 bridgehead atoms.